The van der Waals surface area contributed by atoms with Crippen LogP contribution < -0.4 is 5.32 Å². The fraction of sp³-hybridized carbons (Fsp3) is 0.400. The Morgan fingerprint density at radius 2 is 1.90 bits per heavy atom. The highest BCUT2D eigenvalue weighted by molar-refractivity contribution is 5.85. The Morgan fingerprint density at radius 1 is 1.20 bits per heavy atom. The van der Waals surface area contributed by atoms with Crippen LogP contribution in [0.5, 0.6) is 0 Å². The van der Waals surface area contributed by atoms with Crippen LogP contribution in [0.2, 0.25) is 0 Å². The summed E-state index contributed by atoms with van der Waals surface area (Å²) >= 11 is 0. The highest BCUT2D eigenvalue weighted by Gasteiger charge is 2.39. The van der Waals surface area contributed by atoms with Gasteiger partial charge in [0.1, 0.15) is 11.6 Å². The maximum absolute atomic E-state index is 15.0. The van der Waals surface area contributed by atoms with Crippen LogP contribution in [0, 0.1) is 11.6 Å². The van der Waals surface area contributed by atoms with E-state index < -0.39 is 17.0 Å². The van der Waals surface area contributed by atoms with Crippen molar-refractivity contribution in [2.75, 3.05) is 13.1 Å². The zero-order chi connectivity index (χ0) is 21.5. The van der Waals surface area contributed by atoms with Gasteiger partial charge in [-0.3, -0.25) is 0 Å². The minimum Gasteiger partial charge on any atom is -0.342 e. The van der Waals surface area contributed by atoms with Gasteiger partial charge in [-0.2, -0.15) is 0 Å². The predicted octanol–water partition coefficient (Wildman–Crippen LogP) is 5.82. The Bertz CT molecular complexity index is 978. The summed E-state index contributed by atoms with van der Waals surface area (Å²) in [6, 6.07) is 2.35. The molecule has 0 atom stereocenters. The van der Waals surface area contributed by atoms with E-state index in [-0.39, 0.29) is 0 Å². The first-order valence-corrected chi connectivity index (χ1v) is 10.7. The largest absolute Gasteiger partial charge is 0.342 e. The summed E-state index contributed by atoms with van der Waals surface area (Å²) in [6.07, 6.45) is 7.53. The summed E-state index contributed by atoms with van der Waals surface area (Å²) < 4.78 is 28.9. The molecule has 1 N–H and O–H groups in total. The molecule has 0 unspecified atom stereocenters. The summed E-state index contributed by atoms with van der Waals surface area (Å²) in [5, 5.41) is 3.38. The van der Waals surface area contributed by atoms with Gasteiger partial charge in [-0.15, -0.1) is 6.58 Å². The molecule has 0 aromatic heterocycles. The average molecular weight is 410 g/mol. The van der Waals surface area contributed by atoms with Gasteiger partial charge in [-0.1, -0.05) is 24.8 Å². The number of rotatable bonds is 3. The molecule has 0 spiro atoms. The standard InChI is InChI=1S/C25H29F2N3/c1-5-25(23-20(16(2)3)14-18(26)15-21(23)27)10-12-30(13-11-25)24-28-17(4)19-8-6-7-9-22(19)29-24/h5,14-15H,1-2,4,6-13H2,3H3,(H,28,29). The van der Waals surface area contributed by atoms with Crippen molar-refractivity contribution in [3.05, 3.63) is 77.7 Å². The number of hydrogen-bond donors (Lipinski definition) is 1. The second-order valence-electron chi connectivity index (χ2n) is 8.61. The minimum atomic E-state index is -0.582. The third-order valence-electron chi connectivity index (χ3n) is 6.67. The third kappa shape index (κ3) is 3.51. The average Bonchev–Trinajstić information content (AvgIpc) is 2.73. The Morgan fingerprint density at radius 3 is 2.57 bits per heavy atom. The summed E-state index contributed by atoms with van der Waals surface area (Å²) in [6.45, 7) is 15.3. The highest BCUT2D eigenvalue weighted by Crippen LogP contribution is 2.42. The molecule has 0 amide bonds. The molecule has 1 aliphatic carbocycles. The van der Waals surface area contributed by atoms with Crippen molar-refractivity contribution < 1.29 is 8.78 Å². The topological polar surface area (TPSA) is 27.6 Å². The van der Waals surface area contributed by atoms with Crippen molar-refractivity contribution in [2.24, 2.45) is 4.99 Å². The number of guanidine groups is 1. The highest BCUT2D eigenvalue weighted by atomic mass is 19.1. The fourth-order valence-electron chi connectivity index (χ4n) is 4.94. The number of benzene rings is 1. The molecule has 1 fully saturated rings. The van der Waals surface area contributed by atoms with Crippen LogP contribution in [0.15, 0.2) is 59.9 Å². The Balaban J connectivity index is 1.62. The van der Waals surface area contributed by atoms with Gasteiger partial charge >= 0.3 is 0 Å². The first-order valence-electron chi connectivity index (χ1n) is 10.7. The van der Waals surface area contributed by atoms with Gasteiger partial charge in [0, 0.05) is 41.5 Å². The summed E-state index contributed by atoms with van der Waals surface area (Å²) in [5.74, 6) is -0.278. The van der Waals surface area contributed by atoms with Crippen molar-refractivity contribution in [3.8, 4) is 0 Å². The van der Waals surface area contributed by atoms with Gasteiger partial charge in [0.15, 0.2) is 0 Å². The Hall–Kier alpha value is -2.69. The van der Waals surface area contributed by atoms with E-state index in [1.165, 1.54) is 18.1 Å². The van der Waals surface area contributed by atoms with Crippen molar-refractivity contribution in [2.45, 2.75) is 50.9 Å². The number of nitrogens with zero attached hydrogens (tertiary/aromatic N) is 2. The lowest BCUT2D eigenvalue weighted by Gasteiger charge is -2.43. The lowest BCUT2D eigenvalue weighted by Crippen LogP contribution is -2.50. The number of aliphatic imine (C=N–C) groups is 1. The maximum Gasteiger partial charge on any atom is 0.203 e. The van der Waals surface area contributed by atoms with Crippen LogP contribution in [-0.4, -0.2) is 23.9 Å². The monoisotopic (exact) mass is 409 g/mol. The van der Waals surface area contributed by atoms with Gasteiger partial charge in [-0.05, 0) is 62.7 Å². The van der Waals surface area contributed by atoms with E-state index >= 15 is 0 Å². The summed E-state index contributed by atoms with van der Waals surface area (Å²) in [4.78, 5) is 7.09. The van der Waals surface area contributed by atoms with E-state index in [1.54, 1.807) is 6.92 Å². The smallest absolute Gasteiger partial charge is 0.203 e. The van der Waals surface area contributed by atoms with Gasteiger partial charge in [-0.25, -0.2) is 13.8 Å². The molecule has 1 aromatic carbocycles. The maximum atomic E-state index is 15.0. The summed E-state index contributed by atoms with van der Waals surface area (Å²) in [7, 11) is 0. The van der Waals surface area contributed by atoms with E-state index in [0.717, 1.165) is 42.7 Å². The molecule has 0 bridgehead atoms. The van der Waals surface area contributed by atoms with Crippen molar-refractivity contribution in [1.82, 2.24) is 10.2 Å². The molecule has 2 heterocycles. The molecule has 1 aromatic rings. The second kappa shape index (κ2) is 7.86. The van der Waals surface area contributed by atoms with Crippen molar-refractivity contribution >= 4 is 11.5 Å². The quantitative estimate of drug-likeness (QED) is 0.637. The SMILES string of the molecule is C=CC1(c2c(F)cc(F)cc2C(=C)C)CCN(C2=NC3=C(CCCC3)C(=C)N2)CC1. The molecule has 4 rings (SSSR count). The fourth-order valence-corrected chi connectivity index (χ4v) is 4.94. The molecule has 3 aliphatic rings. The van der Waals surface area contributed by atoms with Gasteiger partial charge < -0.3 is 10.2 Å². The normalized spacial score (nSPS) is 21.0. The minimum absolute atomic E-state index is 0.506. The number of likely N-dealkylation sites (tertiary alicyclic amines) is 1. The number of nitrogens with one attached hydrogen (secondary N) is 1. The number of piperidine rings is 1. The Labute approximate surface area is 177 Å². The molecule has 158 valence electrons. The van der Waals surface area contributed by atoms with E-state index in [9.17, 15) is 8.78 Å². The molecule has 5 heteroatoms. The number of allylic oxidation sites excluding steroid dienone is 4. The van der Waals surface area contributed by atoms with E-state index in [0.29, 0.717) is 42.6 Å². The van der Waals surface area contributed by atoms with Crippen LogP contribution in [0.1, 0.15) is 56.6 Å². The number of hydrogen-bond acceptors (Lipinski definition) is 3. The molecule has 0 saturated carbocycles. The molecule has 1 saturated heterocycles. The summed E-state index contributed by atoms with van der Waals surface area (Å²) in [5.41, 5.74) is 4.48. The predicted molar refractivity (Wildman–Crippen MR) is 119 cm³/mol. The molecular weight excluding hydrogens is 380 g/mol. The lowest BCUT2D eigenvalue weighted by molar-refractivity contribution is 0.254. The Kier molecular flexibility index (Phi) is 5.39. The van der Waals surface area contributed by atoms with Crippen LogP contribution in [-0.2, 0) is 5.41 Å². The lowest BCUT2D eigenvalue weighted by atomic mass is 9.70. The van der Waals surface area contributed by atoms with Crippen LogP contribution in [0.25, 0.3) is 5.57 Å². The van der Waals surface area contributed by atoms with Crippen LogP contribution >= 0.6 is 0 Å². The van der Waals surface area contributed by atoms with E-state index in [2.05, 4.69) is 30.0 Å². The van der Waals surface area contributed by atoms with Crippen LogP contribution in [0.3, 0.4) is 0 Å². The molecule has 0 radical (unpaired) electrons. The van der Waals surface area contributed by atoms with E-state index in [1.807, 2.05) is 6.08 Å². The molecule has 3 nitrogen and oxygen atoms in total. The zero-order valence-corrected chi connectivity index (χ0v) is 17.7. The molecular formula is C25H29F2N3. The van der Waals surface area contributed by atoms with Crippen molar-refractivity contribution in [1.29, 1.82) is 0 Å². The van der Waals surface area contributed by atoms with Gasteiger partial charge in [0.25, 0.3) is 0 Å². The third-order valence-corrected chi connectivity index (χ3v) is 6.67. The zero-order valence-electron chi connectivity index (χ0n) is 17.7. The molecule has 2 aliphatic heterocycles. The number of halogens is 2. The van der Waals surface area contributed by atoms with Gasteiger partial charge in [0.05, 0.1) is 0 Å². The van der Waals surface area contributed by atoms with Crippen molar-refractivity contribution in [3.63, 3.8) is 0 Å². The van der Waals surface area contributed by atoms with Crippen LogP contribution in [0.4, 0.5) is 8.78 Å². The molecule has 30 heavy (non-hydrogen) atoms. The second-order valence-corrected chi connectivity index (χ2v) is 8.61. The van der Waals surface area contributed by atoms with Gasteiger partial charge in [0.2, 0.25) is 5.96 Å². The first kappa shape index (κ1) is 20.6. The van der Waals surface area contributed by atoms with E-state index in [4.69, 9.17) is 4.99 Å². The first-order chi connectivity index (χ1) is 14.3.